The zero-order chi connectivity index (χ0) is 12.4. The molecule has 1 N–H and O–H groups in total. The third kappa shape index (κ3) is 4.41. The maximum absolute atomic E-state index is 10.0. The molecule has 16 heavy (non-hydrogen) atoms. The van der Waals surface area contributed by atoms with Crippen LogP contribution in [0.5, 0.6) is 0 Å². The first kappa shape index (κ1) is 14.0. The van der Waals surface area contributed by atoms with Crippen molar-refractivity contribution >= 4 is 23.1 Å². The van der Waals surface area contributed by atoms with Crippen LogP contribution in [-0.4, -0.2) is 26.7 Å². The lowest BCUT2D eigenvalue weighted by Gasteiger charge is -2.33. The van der Waals surface area contributed by atoms with Crippen molar-refractivity contribution in [2.24, 2.45) is 0 Å². The van der Waals surface area contributed by atoms with E-state index < -0.39 is 11.0 Å². The first-order valence-corrected chi connectivity index (χ1v) is 6.85. The summed E-state index contributed by atoms with van der Waals surface area (Å²) in [5, 5.41) is 12.0. The normalized spacial score (nSPS) is 15.1. The van der Waals surface area contributed by atoms with Gasteiger partial charge in [0.15, 0.2) is 6.29 Å². The summed E-state index contributed by atoms with van der Waals surface area (Å²) in [6.45, 7) is 9.70. The number of aromatic nitrogens is 1. The molecule has 5 heteroatoms. The fraction of sp³-hybridized carbons (Fsp3) is 0.727. The molecule has 1 aromatic heterocycles. The molecule has 0 aliphatic carbocycles. The lowest BCUT2D eigenvalue weighted by molar-refractivity contribution is -0.177. The Morgan fingerprint density at radius 3 is 2.44 bits per heavy atom. The van der Waals surface area contributed by atoms with Gasteiger partial charge in [-0.15, -0.1) is 11.3 Å². The van der Waals surface area contributed by atoms with Gasteiger partial charge in [0.1, 0.15) is 4.34 Å². The average molecular weight is 261 g/mol. The number of aliphatic hydroxyl groups excluding tert-OH is 1. The minimum atomic E-state index is -0.818. The molecule has 1 unspecified atom stereocenters. The van der Waals surface area contributed by atoms with Gasteiger partial charge < -0.3 is 9.84 Å². The van der Waals surface area contributed by atoms with Crippen molar-refractivity contribution in [1.29, 1.82) is 0 Å². The highest BCUT2D eigenvalue weighted by atomic mass is 32.2. The second-order valence-electron chi connectivity index (χ2n) is 5.09. The highest BCUT2D eigenvalue weighted by Crippen LogP contribution is 2.37. The predicted molar refractivity (Wildman–Crippen MR) is 68.9 cm³/mol. The molecule has 0 bridgehead atoms. The summed E-state index contributed by atoms with van der Waals surface area (Å²) in [7, 11) is 0. The van der Waals surface area contributed by atoms with Gasteiger partial charge in [-0.1, -0.05) is 11.8 Å². The van der Waals surface area contributed by atoms with Crippen LogP contribution in [0.3, 0.4) is 0 Å². The minimum Gasteiger partial charge on any atom is -0.367 e. The highest BCUT2D eigenvalue weighted by molar-refractivity contribution is 8.02. The summed E-state index contributed by atoms with van der Waals surface area (Å²) in [5.74, 6) is 0. The van der Waals surface area contributed by atoms with E-state index in [-0.39, 0.29) is 5.60 Å². The van der Waals surface area contributed by atoms with Gasteiger partial charge in [-0.3, -0.25) is 0 Å². The molecule has 0 aromatic carbocycles. The number of ether oxygens (including phenoxy) is 1. The van der Waals surface area contributed by atoms with Gasteiger partial charge in [0.2, 0.25) is 0 Å². The van der Waals surface area contributed by atoms with Gasteiger partial charge in [0.05, 0.1) is 10.3 Å². The molecule has 3 nitrogen and oxygen atoms in total. The molecule has 0 saturated carbocycles. The zero-order valence-electron chi connectivity index (χ0n) is 10.4. The van der Waals surface area contributed by atoms with E-state index in [2.05, 4.69) is 4.98 Å². The Hall–Kier alpha value is -0.100. The van der Waals surface area contributed by atoms with Crippen LogP contribution in [0.15, 0.2) is 15.9 Å². The predicted octanol–water partition coefficient (Wildman–Crippen LogP) is 3.15. The quantitative estimate of drug-likeness (QED) is 0.668. The molecule has 0 aliphatic heterocycles. The monoisotopic (exact) mass is 261 g/mol. The van der Waals surface area contributed by atoms with E-state index in [1.807, 2.05) is 40.0 Å². The number of aliphatic hydroxyl groups is 1. The standard InChI is InChI=1S/C11H19NO2S2/c1-10(2,3)14-8(13)11(4,5)16-9-12-6-7-15-9/h6-8,13H,1-5H3. The van der Waals surface area contributed by atoms with Gasteiger partial charge in [0, 0.05) is 11.6 Å². The van der Waals surface area contributed by atoms with Crippen LogP contribution < -0.4 is 0 Å². The Morgan fingerprint density at radius 1 is 1.38 bits per heavy atom. The molecular weight excluding hydrogens is 242 g/mol. The maximum atomic E-state index is 10.0. The molecule has 0 spiro atoms. The average Bonchev–Trinajstić information content (AvgIpc) is 2.52. The first-order valence-electron chi connectivity index (χ1n) is 5.15. The Kier molecular flexibility index (Phi) is 4.40. The minimum absolute atomic E-state index is 0.347. The third-order valence-electron chi connectivity index (χ3n) is 1.82. The van der Waals surface area contributed by atoms with E-state index in [9.17, 15) is 5.11 Å². The van der Waals surface area contributed by atoms with Crippen molar-refractivity contribution in [2.45, 2.75) is 55.6 Å². The largest absolute Gasteiger partial charge is 0.367 e. The zero-order valence-corrected chi connectivity index (χ0v) is 12.0. The first-order chi connectivity index (χ1) is 7.21. The summed E-state index contributed by atoms with van der Waals surface area (Å²) in [6.07, 6.45) is 0.946. The van der Waals surface area contributed by atoms with Crippen molar-refractivity contribution in [3.63, 3.8) is 0 Å². The number of nitrogens with zero attached hydrogens (tertiary/aromatic N) is 1. The molecule has 1 rings (SSSR count). The van der Waals surface area contributed by atoms with Crippen LogP contribution in [0.25, 0.3) is 0 Å². The Labute approximate surface area is 105 Å². The van der Waals surface area contributed by atoms with Gasteiger partial charge in [-0.05, 0) is 34.6 Å². The van der Waals surface area contributed by atoms with E-state index >= 15 is 0 Å². The van der Waals surface area contributed by atoms with Gasteiger partial charge in [0.25, 0.3) is 0 Å². The van der Waals surface area contributed by atoms with Crippen molar-refractivity contribution in [1.82, 2.24) is 4.98 Å². The fourth-order valence-electron chi connectivity index (χ4n) is 1.01. The Balaban J connectivity index is 2.62. The summed E-state index contributed by atoms with van der Waals surface area (Å²) in [4.78, 5) is 4.20. The van der Waals surface area contributed by atoms with Crippen LogP contribution >= 0.6 is 23.1 Å². The number of hydrogen-bond donors (Lipinski definition) is 1. The topological polar surface area (TPSA) is 42.4 Å². The van der Waals surface area contributed by atoms with Gasteiger partial charge >= 0.3 is 0 Å². The Morgan fingerprint density at radius 2 is 2.00 bits per heavy atom. The molecule has 1 aromatic rings. The van der Waals surface area contributed by atoms with E-state index in [0.29, 0.717) is 0 Å². The highest BCUT2D eigenvalue weighted by Gasteiger charge is 2.33. The number of hydrogen-bond acceptors (Lipinski definition) is 5. The van der Waals surface area contributed by atoms with E-state index in [1.54, 1.807) is 17.5 Å². The fourth-order valence-corrected chi connectivity index (χ4v) is 3.09. The lowest BCUT2D eigenvalue weighted by Crippen LogP contribution is -2.40. The molecule has 0 aliphatic rings. The van der Waals surface area contributed by atoms with Crippen molar-refractivity contribution in [3.05, 3.63) is 11.6 Å². The molecule has 0 saturated heterocycles. The third-order valence-corrected chi connectivity index (χ3v) is 3.93. The Bertz CT molecular complexity index is 317. The van der Waals surface area contributed by atoms with Gasteiger partial charge in [-0.2, -0.15) is 0 Å². The smallest absolute Gasteiger partial charge is 0.169 e. The van der Waals surface area contributed by atoms with E-state index in [0.717, 1.165) is 4.34 Å². The molecule has 92 valence electrons. The SMILES string of the molecule is CC(C)(C)OC(O)C(C)(C)Sc1nccs1. The van der Waals surface area contributed by atoms with Crippen LogP contribution in [0, 0.1) is 0 Å². The molecule has 0 radical (unpaired) electrons. The van der Waals surface area contributed by atoms with Crippen molar-refractivity contribution in [2.75, 3.05) is 0 Å². The lowest BCUT2D eigenvalue weighted by atomic mass is 10.1. The summed E-state index contributed by atoms with van der Waals surface area (Å²) < 4.78 is 6.10. The summed E-state index contributed by atoms with van der Waals surface area (Å²) >= 11 is 3.10. The molecule has 0 amide bonds. The second-order valence-corrected chi connectivity index (χ2v) is 7.88. The summed E-state index contributed by atoms with van der Waals surface area (Å²) in [5.41, 5.74) is -0.347. The second kappa shape index (κ2) is 5.04. The van der Waals surface area contributed by atoms with Gasteiger partial charge in [-0.25, -0.2) is 4.98 Å². The molecule has 1 atom stereocenters. The van der Waals surface area contributed by atoms with E-state index in [4.69, 9.17) is 4.74 Å². The van der Waals surface area contributed by atoms with Crippen LogP contribution in [0.4, 0.5) is 0 Å². The van der Waals surface area contributed by atoms with Crippen LogP contribution in [-0.2, 0) is 4.74 Å². The van der Waals surface area contributed by atoms with Crippen LogP contribution in [0.1, 0.15) is 34.6 Å². The van der Waals surface area contributed by atoms with Crippen LogP contribution in [0.2, 0.25) is 0 Å². The number of thioether (sulfide) groups is 1. The molecular formula is C11H19NO2S2. The van der Waals surface area contributed by atoms with Crippen molar-refractivity contribution < 1.29 is 9.84 Å². The van der Waals surface area contributed by atoms with Crippen molar-refractivity contribution in [3.8, 4) is 0 Å². The number of thiazole rings is 1. The molecule has 0 fully saturated rings. The maximum Gasteiger partial charge on any atom is 0.169 e. The molecule has 1 heterocycles. The van der Waals surface area contributed by atoms with E-state index in [1.165, 1.54) is 11.8 Å². The summed E-state index contributed by atoms with van der Waals surface area (Å²) in [6, 6.07) is 0. The number of rotatable bonds is 4.